The highest BCUT2D eigenvalue weighted by molar-refractivity contribution is 6.04. The smallest absolute Gasteiger partial charge is 0.255 e. The van der Waals surface area contributed by atoms with E-state index in [0.29, 0.717) is 11.3 Å². The van der Waals surface area contributed by atoms with Gasteiger partial charge in [0.2, 0.25) is 0 Å². The Morgan fingerprint density at radius 3 is 2.60 bits per heavy atom. The second-order valence-corrected chi connectivity index (χ2v) is 7.54. The van der Waals surface area contributed by atoms with Gasteiger partial charge in [0, 0.05) is 30.9 Å². The number of fused-ring (bicyclic) bond motifs is 3. The minimum absolute atomic E-state index is 0.271. The minimum atomic E-state index is -0.363. The topological polar surface area (TPSA) is 50.2 Å². The number of anilines is 1. The molecule has 0 fully saturated rings. The summed E-state index contributed by atoms with van der Waals surface area (Å²) >= 11 is 0. The average Bonchev–Trinajstić information content (AvgIpc) is 3.11. The second kappa shape index (κ2) is 7.72. The fraction of sp³-hybridized carbons (Fsp3) is 0.167. The predicted molar refractivity (Wildman–Crippen MR) is 115 cm³/mol. The average molecular weight is 400 g/mol. The molecule has 0 saturated carbocycles. The highest BCUT2D eigenvalue weighted by Gasteiger charge is 2.20. The van der Waals surface area contributed by atoms with Gasteiger partial charge in [0.05, 0.1) is 17.6 Å². The number of halogens is 1. The number of rotatable bonds is 4. The molecule has 0 spiro atoms. The lowest BCUT2D eigenvalue weighted by Crippen LogP contribution is -2.33. The fourth-order valence-corrected chi connectivity index (χ4v) is 3.93. The van der Waals surface area contributed by atoms with Crippen molar-refractivity contribution in [2.75, 3.05) is 11.9 Å². The maximum absolute atomic E-state index is 13.1. The molecule has 0 bridgehead atoms. The zero-order valence-corrected chi connectivity index (χ0v) is 16.4. The van der Waals surface area contributed by atoms with Crippen molar-refractivity contribution < 1.29 is 9.18 Å². The van der Waals surface area contributed by atoms with Gasteiger partial charge in [0.1, 0.15) is 11.6 Å². The number of imidazole rings is 1. The van der Waals surface area contributed by atoms with Crippen LogP contribution in [0.3, 0.4) is 0 Å². The molecule has 0 radical (unpaired) electrons. The van der Waals surface area contributed by atoms with Crippen molar-refractivity contribution in [1.82, 2.24) is 14.5 Å². The van der Waals surface area contributed by atoms with Gasteiger partial charge in [-0.3, -0.25) is 9.69 Å². The molecule has 0 unspecified atom stereocenters. The first-order valence-electron chi connectivity index (χ1n) is 9.98. The molecule has 5 rings (SSSR count). The first kappa shape index (κ1) is 18.5. The summed E-state index contributed by atoms with van der Waals surface area (Å²) in [5.74, 6) is 0.402. The number of carbonyl (C=O) groups is 1. The largest absolute Gasteiger partial charge is 0.326 e. The van der Waals surface area contributed by atoms with Crippen molar-refractivity contribution in [3.63, 3.8) is 0 Å². The summed E-state index contributed by atoms with van der Waals surface area (Å²) in [6.45, 7) is 3.56. The third-order valence-electron chi connectivity index (χ3n) is 5.45. The third kappa shape index (κ3) is 3.69. The van der Waals surface area contributed by atoms with E-state index in [9.17, 15) is 9.18 Å². The molecule has 0 saturated heterocycles. The predicted octanol–water partition coefficient (Wildman–Crippen LogP) is 4.44. The second-order valence-electron chi connectivity index (χ2n) is 7.54. The van der Waals surface area contributed by atoms with Crippen LogP contribution < -0.4 is 5.32 Å². The Morgan fingerprint density at radius 1 is 1.00 bits per heavy atom. The monoisotopic (exact) mass is 400 g/mol. The normalized spacial score (nSPS) is 13.9. The van der Waals surface area contributed by atoms with E-state index < -0.39 is 0 Å². The summed E-state index contributed by atoms with van der Waals surface area (Å²) in [5.41, 5.74) is 4.33. The number of hydrogen-bond donors (Lipinski definition) is 1. The van der Waals surface area contributed by atoms with Gasteiger partial charge >= 0.3 is 0 Å². The first-order valence-corrected chi connectivity index (χ1v) is 9.98. The highest BCUT2D eigenvalue weighted by atomic mass is 19.1. The minimum Gasteiger partial charge on any atom is -0.326 e. The van der Waals surface area contributed by atoms with Crippen LogP contribution in [0.5, 0.6) is 0 Å². The Morgan fingerprint density at radius 2 is 1.80 bits per heavy atom. The van der Waals surface area contributed by atoms with Gasteiger partial charge in [-0.2, -0.15) is 0 Å². The summed E-state index contributed by atoms with van der Waals surface area (Å²) < 4.78 is 15.3. The lowest BCUT2D eigenvalue weighted by Gasteiger charge is -2.27. The van der Waals surface area contributed by atoms with Crippen LogP contribution in [0.15, 0.2) is 72.8 Å². The molecule has 1 aromatic heterocycles. The Bertz CT molecular complexity index is 1200. The molecule has 150 valence electrons. The van der Waals surface area contributed by atoms with E-state index in [1.54, 1.807) is 0 Å². The standard InChI is InChI=1S/C24H21FN4O/c25-19-8-6-18(7-9-19)24(30)26-20-10-11-22-21(14-20)27-23-16-28(12-13-29(22)23)15-17-4-2-1-3-5-17/h1-11,14H,12-13,15-16H2,(H,26,30). The zero-order chi connectivity index (χ0) is 20.5. The summed E-state index contributed by atoms with van der Waals surface area (Å²) in [6.07, 6.45) is 0. The van der Waals surface area contributed by atoms with Crippen molar-refractivity contribution in [2.24, 2.45) is 0 Å². The van der Waals surface area contributed by atoms with Crippen LogP contribution in [0.1, 0.15) is 21.7 Å². The molecule has 5 nitrogen and oxygen atoms in total. The van der Waals surface area contributed by atoms with Crippen LogP contribution >= 0.6 is 0 Å². The van der Waals surface area contributed by atoms with Crippen LogP contribution in [0.25, 0.3) is 11.0 Å². The van der Waals surface area contributed by atoms with Gasteiger partial charge in [-0.1, -0.05) is 30.3 Å². The first-order chi connectivity index (χ1) is 14.7. The maximum Gasteiger partial charge on any atom is 0.255 e. The third-order valence-corrected chi connectivity index (χ3v) is 5.45. The van der Waals surface area contributed by atoms with E-state index in [1.807, 2.05) is 24.3 Å². The lowest BCUT2D eigenvalue weighted by atomic mass is 10.2. The van der Waals surface area contributed by atoms with E-state index in [0.717, 1.165) is 43.0 Å². The van der Waals surface area contributed by atoms with Crippen LogP contribution in [-0.2, 0) is 19.6 Å². The molecule has 1 amide bonds. The van der Waals surface area contributed by atoms with Crippen LogP contribution in [0, 0.1) is 5.82 Å². The number of nitrogens with zero attached hydrogens (tertiary/aromatic N) is 3. The molecule has 0 atom stereocenters. The van der Waals surface area contributed by atoms with Crippen LogP contribution in [-0.4, -0.2) is 26.9 Å². The van der Waals surface area contributed by atoms with E-state index in [4.69, 9.17) is 4.98 Å². The van der Waals surface area contributed by atoms with Gasteiger partial charge in [0.15, 0.2) is 0 Å². The Balaban J connectivity index is 1.34. The van der Waals surface area contributed by atoms with Crippen LogP contribution in [0.4, 0.5) is 10.1 Å². The molecule has 4 aromatic rings. The molecular weight excluding hydrogens is 379 g/mol. The van der Waals surface area contributed by atoms with Gasteiger partial charge in [-0.05, 0) is 48.0 Å². The number of benzene rings is 3. The van der Waals surface area contributed by atoms with E-state index in [1.165, 1.54) is 29.8 Å². The number of hydrogen-bond acceptors (Lipinski definition) is 3. The lowest BCUT2D eigenvalue weighted by molar-refractivity contribution is 0.102. The fourth-order valence-electron chi connectivity index (χ4n) is 3.93. The quantitative estimate of drug-likeness (QED) is 0.551. The molecule has 0 aliphatic carbocycles. The number of aromatic nitrogens is 2. The van der Waals surface area contributed by atoms with Gasteiger partial charge < -0.3 is 9.88 Å². The van der Waals surface area contributed by atoms with Gasteiger partial charge in [-0.15, -0.1) is 0 Å². The Labute approximate surface area is 173 Å². The van der Waals surface area contributed by atoms with Crippen molar-refractivity contribution in [3.05, 3.63) is 95.6 Å². The molecule has 3 aromatic carbocycles. The maximum atomic E-state index is 13.1. The number of carbonyl (C=O) groups excluding carboxylic acids is 1. The molecule has 1 aliphatic heterocycles. The summed E-state index contributed by atoms with van der Waals surface area (Å²) in [5, 5.41) is 2.87. The summed E-state index contributed by atoms with van der Waals surface area (Å²) in [4.78, 5) is 19.6. The SMILES string of the molecule is O=C(Nc1ccc2c(c1)nc1n2CCN(Cc2ccccc2)C1)c1ccc(F)cc1. The number of amides is 1. The molecule has 1 aliphatic rings. The highest BCUT2D eigenvalue weighted by Crippen LogP contribution is 2.25. The Hall–Kier alpha value is -3.51. The van der Waals surface area contributed by atoms with E-state index >= 15 is 0 Å². The van der Waals surface area contributed by atoms with E-state index in [2.05, 4.69) is 39.0 Å². The van der Waals surface area contributed by atoms with Crippen molar-refractivity contribution >= 4 is 22.6 Å². The Kier molecular flexibility index (Phi) is 4.77. The molecule has 30 heavy (non-hydrogen) atoms. The van der Waals surface area contributed by atoms with E-state index in [-0.39, 0.29) is 11.7 Å². The molecule has 1 N–H and O–H groups in total. The van der Waals surface area contributed by atoms with Gasteiger partial charge in [0.25, 0.3) is 5.91 Å². The zero-order valence-electron chi connectivity index (χ0n) is 16.4. The summed E-state index contributed by atoms with van der Waals surface area (Å²) in [7, 11) is 0. The molecular formula is C24H21FN4O. The van der Waals surface area contributed by atoms with Crippen molar-refractivity contribution in [2.45, 2.75) is 19.6 Å². The van der Waals surface area contributed by atoms with Gasteiger partial charge in [-0.25, -0.2) is 9.37 Å². The molecule has 2 heterocycles. The molecule has 6 heteroatoms. The van der Waals surface area contributed by atoms with Crippen LogP contribution in [0.2, 0.25) is 0 Å². The van der Waals surface area contributed by atoms with Crippen molar-refractivity contribution in [1.29, 1.82) is 0 Å². The summed E-state index contributed by atoms with van der Waals surface area (Å²) in [6, 6.07) is 21.7. The van der Waals surface area contributed by atoms with Crippen molar-refractivity contribution in [3.8, 4) is 0 Å². The number of nitrogens with one attached hydrogen (secondary N) is 1.